The average molecular weight is 280 g/mol. The number of rotatable bonds is 10. The molecule has 1 aromatic rings. The van der Waals surface area contributed by atoms with Crippen LogP contribution in [-0.4, -0.2) is 12.4 Å². The zero-order chi connectivity index (χ0) is 14.8. The minimum atomic E-state index is -0.168. The summed E-state index contributed by atoms with van der Waals surface area (Å²) in [6, 6.07) is 4.94. The smallest absolute Gasteiger partial charge is 0.132 e. The number of Topliss-reactive ketones (excluding diaryl/α,β-unsaturated/α-hetero) is 1. The van der Waals surface area contributed by atoms with Crippen molar-refractivity contribution >= 4 is 5.78 Å². The Bertz CT molecular complexity index is 415. The molecule has 0 saturated carbocycles. The monoisotopic (exact) mass is 280 g/mol. The number of ether oxygens (including phenoxy) is 1. The molecule has 0 bridgehead atoms. The van der Waals surface area contributed by atoms with Gasteiger partial charge in [0, 0.05) is 12.8 Å². The highest BCUT2D eigenvalue weighted by Gasteiger charge is 2.05. The Balaban J connectivity index is 2.36. The summed E-state index contributed by atoms with van der Waals surface area (Å²) in [5, 5.41) is 0. The van der Waals surface area contributed by atoms with E-state index in [1.165, 1.54) is 6.07 Å². The summed E-state index contributed by atoms with van der Waals surface area (Å²) >= 11 is 0. The summed E-state index contributed by atoms with van der Waals surface area (Å²) in [7, 11) is 0. The highest BCUT2D eigenvalue weighted by Crippen LogP contribution is 2.19. The van der Waals surface area contributed by atoms with Crippen molar-refractivity contribution < 1.29 is 13.9 Å². The van der Waals surface area contributed by atoms with Crippen LogP contribution in [0.2, 0.25) is 0 Å². The normalized spacial score (nSPS) is 10.6. The first-order valence-electron chi connectivity index (χ1n) is 7.60. The van der Waals surface area contributed by atoms with Gasteiger partial charge in [0.1, 0.15) is 17.3 Å². The molecule has 112 valence electrons. The van der Waals surface area contributed by atoms with E-state index in [-0.39, 0.29) is 5.82 Å². The van der Waals surface area contributed by atoms with E-state index in [0.29, 0.717) is 37.2 Å². The van der Waals surface area contributed by atoms with Crippen molar-refractivity contribution in [2.75, 3.05) is 6.61 Å². The zero-order valence-corrected chi connectivity index (χ0v) is 12.6. The van der Waals surface area contributed by atoms with Crippen LogP contribution in [0, 0.1) is 5.82 Å². The molecule has 0 amide bonds. The van der Waals surface area contributed by atoms with Crippen molar-refractivity contribution in [1.82, 2.24) is 0 Å². The molecule has 3 heteroatoms. The standard InChI is InChI=1S/C17H25FO2/c1-3-12-20-16-10-11-17(18)14(13-16)8-6-5-7-9-15(19)4-2/h10-11,13H,3-9,12H2,1-2H3. The average Bonchev–Trinajstić information content (AvgIpc) is 2.46. The number of benzene rings is 1. The molecule has 1 rings (SSSR count). The van der Waals surface area contributed by atoms with Crippen LogP contribution in [0.5, 0.6) is 5.75 Å². The Kier molecular flexibility index (Phi) is 7.93. The number of hydrogen-bond donors (Lipinski definition) is 0. The van der Waals surface area contributed by atoms with Crippen LogP contribution in [0.3, 0.4) is 0 Å². The van der Waals surface area contributed by atoms with Gasteiger partial charge < -0.3 is 4.74 Å². The SMILES string of the molecule is CCCOc1ccc(F)c(CCCCCC(=O)CC)c1. The van der Waals surface area contributed by atoms with Crippen LogP contribution in [0.25, 0.3) is 0 Å². The summed E-state index contributed by atoms with van der Waals surface area (Å²) in [6.07, 6.45) is 5.69. The fourth-order valence-electron chi connectivity index (χ4n) is 2.04. The van der Waals surface area contributed by atoms with Gasteiger partial charge in [-0.15, -0.1) is 0 Å². The summed E-state index contributed by atoms with van der Waals surface area (Å²) in [6.45, 7) is 4.59. The van der Waals surface area contributed by atoms with E-state index in [9.17, 15) is 9.18 Å². The molecular formula is C17H25FO2. The maximum Gasteiger partial charge on any atom is 0.132 e. The molecule has 0 unspecified atom stereocenters. The molecule has 2 nitrogen and oxygen atoms in total. The van der Waals surface area contributed by atoms with Gasteiger partial charge in [-0.3, -0.25) is 4.79 Å². The Labute approximate surface area is 121 Å². The van der Waals surface area contributed by atoms with E-state index >= 15 is 0 Å². The molecule has 0 radical (unpaired) electrons. The highest BCUT2D eigenvalue weighted by molar-refractivity contribution is 5.77. The maximum absolute atomic E-state index is 13.7. The topological polar surface area (TPSA) is 26.3 Å². The van der Waals surface area contributed by atoms with Gasteiger partial charge in [-0.25, -0.2) is 4.39 Å². The Morgan fingerprint density at radius 3 is 2.70 bits per heavy atom. The number of carbonyl (C=O) groups excluding carboxylic acids is 1. The number of aryl methyl sites for hydroxylation is 1. The van der Waals surface area contributed by atoms with Crippen molar-refractivity contribution in [3.8, 4) is 5.75 Å². The number of halogens is 1. The quantitative estimate of drug-likeness (QED) is 0.581. The second-order valence-corrected chi connectivity index (χ2v) is 5.05. The van der Waals surface area contributed by atoms with Crippen molar-refractivity contribution in [2.24, 2.45) is 0 Å². The molecule has 0 aliphatic heterocycles. The van der Waals surface area contributed by atoms with Gasteiger partial charge >= 0.3 is 0 Å². The molecule has 0 fully saturated rings. The van der Waals surface area contributed by atoms with Gasteiger partial charge in [0.25, 0.3) is 0 Å². The summed E-state index contributed by atoms with van der Waals surface area (Å²) in [4.78, 5) is 11.2. The number of unbranched alkanes of at least 4 members (excludes halogenated alkanes) is 2. The molecule has 0 saturated heterocycles. The van der Waals surface area contributed by atoms with E-state index in [4.69, 9.17) is 4.74 Å². The van der Waals surface area contributed by atoms with Gasteiger partial charge in [-0.05, 0) is 49.4 Å². The zero-order valence-electron chi connectivity index (χ0n) is 12.6. The van der Waals surface area contributed by atoms with E-state index < -0.39 is 0 Å². The van der Waals surface area contributed by atoms with Crippen LogP contribution in [0.4, 0.5) is 4.39 Å². The van der Waals surface area contributed by atoms with Gasteiger partial charge in [0.15, 0.2) is 0 Å². The van der Waals surface area contributed by atoms with E-state index in [1.807, 2.05) is 13.8 Å². The Morgan fingerprint density at radius 2 is 2.00 bits per heavy atom. The fourth-order valence-corrected chi connectivity index (χ4v) is 2.04. The third-order valence-electron chi connectivity index (χ3n) is 3.29. The van der Waals surface area contributed by atoms with Crippen molar-refractivity contribution in [3.05, 3.63) is 29.6 Å². The third kappa shape index (κ3) is 6.18. The minimum absolute atomic E-state index is 0.168. The Hall–Kier alpha value is -1.38. The first-order valence-corrected chi connectivity index (χ1v) is 7.60. The van der Waals surface area contributed by atoms with Crippen LogP contribution in [-0.2, 0) is 11.2 Å². The maximum atomic E-state index is 13.7. The van der Waals surface area contributed by atoms with Gasteiger partial charge in [0.05, 0.1) is 6.61 Å². The van der Waals surface area contributed by atoms with E-state index in [0.717, 1.165) is 31.4 Å². The van der Waals surface area contributed by atoms with E-state index in [1.54, 1.807) is 12.1 Å². The lowest BCUT2D eigenvalue weighted by molar-refractivity contribution is -0.118. The number of carbonyl (C=O) groups is 1. The second-order valence-electron chi connectivity index (χ2n) is 5.05. The summed E-state index contributed by atoms with van der Waals surface area (Å²) in [5.41, 5.74) is 0.709. The first kappa shape index (κ1) is 16.7. The van der Waals surface area contributed by atoms with Gasteiger partial charge in [-0.2, -0.15) is 0 Å². The molecule has 0 N–H and O–H groups in total. The van der Waals surface area contributed by atoms with Crippen LogP contribution < -0.4 is 4.74 Å². The first-order chi connectivity index (χ1) is 9.67. The Morgan fingerprint density at radius 1 is 1.20 bits per heavy atom. The van der Waals surface area contributed by atoms with Crippen LogP contribution in [0.15, 0.2) is 18.2 Å². The van der Waals surface area contributed by atoms with E-state index in [2.05, 4.69) is 0 Å². The number of hydrogen-bond acceptors (Lipinski definition) is 2. The molecule has 0 aliphatic carbocycles. The highest BCUT2D eigenvalue weighted by atomic mass is 19.1. The largest absolute Gasteiger partial charge is 0.494 e. The van der Waals surface area contributed by atoms with Crippen molar-refractivity contribution in [2.45, 2.75) is 58.8 Å². The summed E-state index contributed by atoms with van der Waals surface area (Å²) in [5.74, 6) is 0.883. The fraction of sp³-hybridized carbons (Fsp3) is 0.588. The van der Waals surface area contributed by atoms with Crippen molar-refractivity contribution in [1.29, 1.82) is 0 Å². The lowest BCUT2D eigenvalue weighted by Gasteiger charge is -2.08. The summed E-state index contributed by atoms with van der Waals surface area (Å²) < 4.78 is 19.2. The lowest BCUT2D eigenvalue weighted by atomic mass is 10.0. The number of ketones is 1. The van der Waals surface area contributed by atoms with Gasteiger partial charge in [0.2, 0.25) is 0 Å². The predicted molar refractivity (Wildman–Crippen MR) is 79.7 cm³/mol. The van der Waals surface area contributed by atoms with Crippen LogP contribution in [0.1, 0.15) is 57.9 Å². The molecule has 20 heavy (non-hydrogen) atoms. The lowest BCUT2D eigenvalue weighted by Crippen LogP contribution is -1.98. The molecule has 0 heterocycles. The predicted octanol–water partition coefficient (Wildman–Crippen LogP) is 4.70. The molecule has 0 atom stereocenters. The van der Waals surface area contributed by atoms with Gasteiger partial charge in [-0.1, -0.05) is 20.3 Å². The minimum Gasteiger partial charge on any atom is -0.494 e. The molecular weight excluding hydrogens is 255 g/mol. The molecule has 0 aromatic heterocycles. The van der Waals surface area contributed by atoms with Crippen molar-refractivity contribution in [3.63, 3.8) is 0 Å². The molecule has 0 aliphatic rings. The molecule has 0 spiro atoms. The third-order valence-corrected chi connectivity index (χ3v) is 3.29. The van der Waals surface area contributed by atoms with Crippen LogP contribution >= 0.6 is 0 Å². The molecule has 1 aromatic carbocycles. The second kappa shape index (κ2) is 9.51.